The Morgan fingerprint density at radius 2 is 2.04 bits per heavy atom. The van der Waals surface area contributed by atoms with E-state index in [0.717, 1.165) is 50.5 Å². The Morgan fingerprint density at radius 3 is 2.68 bits per heavy atom. The molecule has 3 rings (SSSR count). The molecule has 1 aromatic rings. The van der Waals surface area contributed by atoms with E-state index in [1.54, 1.807) is 12.1 Å². The van der Waals surface area contributed by atoms with Crippen LogP contribution in [0, 0.1) is 5.92 Å². The molecule has 136 valence electrons. The number of benzene rings is 1. The maximum Gasteiger partial charge on any atom is 0.335 e. The van der Waals surface area contributed by atoms with Crippen LogP contribution in [0.5, 0.6) is 0 Å². The lowest BCUT2D eigenvalue weighted by Crippen LogP contribution is -2.47. The minimum Gasteiger partial charge on any atom is -0.478 e. The maximum absolute atomic E-state index is 12.7. The average molecular weight is 344 g/mol. The van der Waals surface area contributed by atoms with Gasteiger partial charge >= 0.3 is 5.97 Å². The molecule has 0 radical (unpaired) electrons. The first-order valence-corrected chi connectivity index (χ1v) is 9.48. The van der Waals surface area contributed by atoms with Crippen LogP contribution in [-0.2, 0) is 5.41 Å². The second-order valence-electron chi connectivity index (χ2n) is 7.91. The number of fused-ring (bicyclic) bond motifs is 3. The van der Waals surface area contributed by atoms with Crippen LogP contribution in [0.3, 0.4) is 0 Å². The first kappa shape index (κ1) is 18.1. The molecule has 0 spiro atoms. The van der Waals surface area contributed by atoms with Gasteiger partial charge in [0, 0.05) is 12.0 Å². The van der Waals surface area contributed by atoms with Crippen molar-refractivity contribution in [2.24, 2.45) is 5.92 Å². The van der Waals surface area contributed by atoms with E-state index >= 15 is 0 Å². The van der Waals surface area contributed by atoms with Crippen LogP contribution < -0.4 is 0 Å². The van der Waals surface area contributed by atoms with Crippen LogP contribution in [0.15, 0.2) is 18.2 Å². The fraction of sp³-hybridized carbons (Fsp3) is 0.619. The molecule has 0 aliphatic heterocycles. The molecule has 1 fully saturated rings. The highest BCUT2D eigenvalue weighted by molar-refractivity contribution is 6.00. The quantitative estimate of drug-likeness (QED) is 0.852. The number of ketones is 1. The summed E-state index contributed by atoms with van der Waals surface area (Å²) < 4.78 is 0. The first-order chi connectivity index (χ1) is 11.8. The Hall–Kier alpha value is -1.68. The van der Waals surface area contributed by atoms with Crippen molar-refractivity contribution in [3.8, 4) is 0 Å². The number of aromatic carboxylic acids is 1. The molecule has 0 saturated heterocycles. The van der Waals surface area contributed by atoms with Gasteiger partial charge in [-0.25, -0.2) is 4.79 Å². The van der Waals surface area contributed by atoms with Crippen LogP contribution in [-0.4, -0.2) is 27.6 Å². The van der Waals surface area contributed by atoms with Crippen molar-refractivity contribution in [3.63, 3.8) is 0 Å². The highest BCUT2D eigenvalue weighted by Crippen LogP contribution is 2.54. The monoisotopic (exact) mass is 344 g/mol. The van der Waals surface area contributed by atoms with Crippen LogP contribution in [0.25, 0.3) is 0 Å². The number of Topliss-reactive ketones (excluding diaryl/α,β-unsaturated/α-hetero) is 1. The largest absolute Gasteiger partial charge is 0.478 e. The van der Waals surface area contributed by atoms with Crippen molar-refractivity contribution in [2.45, 2.75) is 76.2 Å². The number of hydrogen-bond donors (Lipinski definition) is 2. The first-order valence-electron chi connectivity index (χ1n) is 9.48. The summed E-state index contributed by atoms with van der Waals surface area (Å²) in [4.78, 5) is 24.0. The van der Waals surface area contributed by atoms with Crippen LogP contribution in [0.4, 0.5) is 0 Å². The van der Waals surface area contributed by atoms with Gasteiger partial charge < -0.3 is 10.2 Å². The fourth-order valence-corrected chi connectivity index (χ4v) is 5.28. The van der Waals surface area contributed by atoms with Crippen molar-refractivity contribution >= 4 is 11.8 Å². The summed E-state index contributed by atoms with van der Waals surface area (Å²) in [6.07, 6.45) is 6.23. The van der Waals surface area contributed by atoms with Gasteiger partial charge in [-0.3, -0.25) is 4.79 Å². The van der Waals surface area contributed by atoms with Gasteiger partial charge in [0.15, 0.2) is 5.78 Å². The molecule has 0 aromatic heterocycles. The van der Waals surface area contributed by atoms with Crippen LogP contribution in [0.1, 0.15) is 91.5 Å². The van der Waals surface area contributed by atoms with E-state index in [1.165, 1.54) is 0 Å². The molecule has 1 saturated carbocycles. The molecule has 4 heteroatoms. The van der Waals surface area contributed by atoms with Gasteiger partial charge in [-0.15, -0.1) is 0 Å². The zero-order valence-corrected chi connectivity index (χ0v) is 15.2. The van der Waals surface area contributed by atoms with Gasteiger partial charge in [-0.05, 0) is 67.6 Å². The van der Waals surface area contributed by atoms with Gasteiger partial charge in [0.05, 0.1) is 11.2 Å². The molecule has 2 N–H and O–H groups in total. The third kappa shape index (κ3) is 3.01. The molecule has 0 bridgehead atoms. The van der Waals surface area contributed by atoms with E-state index in [1.807, 2.05) is 6.07 Å². The lowest BCUT2D eigenvalue weighted by Gasteiger charge is -2.50. The van der Waals surface area contributed by atoms with Crippen LogP contribution in [0.2, 0.25) is 0 Å². The Bertz CT molecular complexity index is 695. The molecule has 0 amide bonds. The lowest BCUT2D eigenvalue weighted by atomic mass is 9.56. The molecule has 25 heavy (non-hydrogen) atoms. The topological polar surface area (TPSA) is 74.6 Å². The Labute approximate surface area is 149 Å². The van der Waals surface area contributed by atoms with Crippen molar-refractivity contribution in [2.75, 3.05) is 0 Å². The SMILES string of the molecule is CCC[C@@]1(O)CC[C@]2(CC)c3ccc(C(=O)O)cc3C(=O)CC[C@@H]2C1. The summed E-state index contributed by atoms with van der Waals surface area (Å²) in [6, 6.07) is 5.05. The molecule has 4 nitrogen and oxygen atoms in total. The minimum atomic E-state index is -0.997. The maximum atomic E-state index is 12.7. The van der Waals surface area contributed by atoms with Crippen molar-refractivity contribution in [1.82, 2.24) is 0 Å². The summed E-state index contributed by atoms with van der Waals surface area (Å²) in [5.74, 6) is -0.689. The second-order valence-corrected chi connectivity index (χ2v) is 7.91. The molecule has 2 aliphatic rings. The van der Waals surface area contributed by atoms with E-state index in [-0.39, 0.29) is 22.7 Å². The number of carboxylic acids is 1. The average Bonchev–Trinajstić information content (AvgIpc) is 2.70. The number of hydrogen-bond acceptors (Lipinski definition) is 3. The third-order valence-electron chi connectivity index (χ3n) is 6.61. The Balaban J connectivity index is 2.08. The molecule has 1 aromatic carbocycles. The van der Waals surface area contributed by atoms with E-state index < -0.39 is 11.6 Å². The predicted molar refractivity (Wildman–Crippen MR) is 96.1 cm³/mol. The van der Waals surface area contributed by atoms with Gasteiger partial charge in [0.2, 0.25) is 0 Å². The molecule has 0 heterocycles. The van der Waals surface area contributed by atoms with E-state index in [2.05, 4.69) is 13.8 Å². The molecule has 2 aliphatic carbocycles. The van der Waals surface area contributed by atoms with Crippen LogP contribution >= 0.6 is 0 Å². The summed E-state index contributed by atoms with van der Waals surface area (Å²) >= 11 is 0. The van der Waals surface area contributed by atoms with E-state index in [0.29, 0.717) is 12.0 Å². The fourth-order valence-electron chi connectivity index (χ4n) is 5.28. The van der Waals surface area contributed by atoms with Gasteiger partial charge in [-0.1, -0.05) is 26.3 Å². The zero-order chi connectivity index (χ0) is 18.2. The lowest BCUT2D eigenvalue weighted by molar-refractivity contribution is -0.0541. The molecule has 0 unspecified atom stereocenters. The van der Waals surface area contributed by atoms with Gasteiger partial charge in [0.25, 0.3) is 0 Å². The highest BCUT2D eigenvalue weighted by Gasteiger charge is 2.50. The Morgan fingerprint density at radius 1 is 1.28 bits per heavy atom. The molecule has 3 atom stereocenters. The minimum absolute atomic E-state index is 0.0411. The summed E-state index contributed by atoms with van der Waals surface area (Å²) in [6.45, 7) is 4.25. The Kier molecular flexibility index (Phi) is 4.76. The number of carbonyl (C=O) groups is 2. The van der Waals surface area contributed by atoms with E-state index in [4.69, 9.17) is 0 Å². The van der Waals surface area contributed by atoms with Gasteiger partial charge in [0.1, 0.15) is 0 Å². The standard InChI is InChI=1S/C21H28O4/c1-3-9-20(25)10-11-21(4-2)15(13-20)6-8-18(22)16-12-14(19(23)24)5-7-17(16)21/h5,7,12,15,25H,3-4,6,8-11,13H2,1-2H3,(H,23,24)/t15-,20-,21+/m1/s1. The summed E-state index contributed by atoms with van der Waals surface area (Å²) in [5.41, 5.74) is 1.02. The summed E-state index contributed by atoms with van der Waals surface area (Å²) in [7, 11) is 0. The number of carbonyl (C=O) groups excluding carboxylic acids is 1. The van der Waals surface area contributed by atoms with Crippen molar-refractivity contribution < 1.29 is 19.8 Å². The molecular weight excluding hydrogens is 316 g/mol. The second kappa shape index (κ2) is 6.56. The van der Waals surface area contributed by atoms with Crippen molar-refractivity contribution in [3.05, 3.63) is 34.9 Å². The van der Waals surface area contributed by atoms with E-state index in [9.17, 15) is 19.8 Å². The van der Waals surface area contributed by atoms with Crippen molar-refractivity contribution in [1.29, 1.82) is 0 Å². The number of aliphatic hydroxyl groups is 1. The number of rotatable bonds is 4. The summed E-state index contributed by atoms with van der Waals surface area (Å²) in [5, 5.41) is 20.3. The normalized spacial score (nSPS) is 31.8. The number of carboxylic acid groups (broad SMARTS) is 1. The third-order valence-corrected chi connectivity index (χ3v) is 6.61. The predicted octanol–water partition coefficient (Wildman–Crippen LogP) is 4.34. The smallest absolute Gasteiger partial charge is 0.335 e. The highest BCUT2D eigenvalue weighted by atomic mass is 16.4. The zero-order valence-electron chi connectivity index (χ0n) is 15.2. The van der Waals surface area contributed by atoms with Gasteiger partial charge in [-0.2, -0.15) is 0 Å². The molecular formula is C21H28O4.